The van der Waals surface area contributed by atoms with E-state index in [1.54, 1.807) is 47.5 Å². The van der Waals surface area contributed by atoms with E-state index in [1.165, 1.54) is 4.31 Å². The van der Waals surface area contributed by atoms with Crippen molar-refractivity contribution in [2.24, 2.45) is 0 Å². The standard InChI is InChI=1S/C30H34N4O3S/c1-6-33(20-25-11-7-9-22(2)32-25)29(35)21-34(26-14-17-28-23(19-26)10-8-18-31-28)38(36,37)27-15-12-24(13-16-27)30(3,4)5/h7-19H,6,20-21H2,1-5H3. The molecule has 0 unspecified atom stereocenters. The summed E-state index contributed by atoms with van der Waals surface area (Å²) in [6.07, 6.45) is 1.69. The maximum atomic E-state index is 14.0. The molecule has 0 radical (unpaired) electrons. The lowest BCUT2D eigenvalue weighted by molar-refractivity contribution is -0.130. The summed E-state index contributed by atoms with van der Waals surface area (Å²) < 4.78 is 29.2. The van der Waals surface area contributed by atoms with E-state index in [0.29, 0.717) is 18.8 Å². The van der Waals surface area contributed by atoms with Crippen molar-refractivity contribution in [1.29, 1.82) is 0 Å². The van der Waals surface area contributed by atoms with Gasteiger partial charge in [-0.25, -0.2) is 8.42 Å². The highest BCUT2D eigenvalue weighted by atomic mass is 32.2. The first-order chi connectivity index (χ1) is 18.0. The van der Waals surface area contributed by atoms with Gasteiger partial charge in [0.05, 0.1) is 28.3 Å². The number of likely N-dealkylation sites (N-methyl/N-ethyl adjacent to an activating group) is 1. The predicted octanol–water partition coefficient (Wildman–Crippen LogP) is 5.48. The Hall–Kier alpha value is -3.78. The van der Waals surface area contributed by atoms with Gasteiger partial charge in [-0.2, -0.15) is 0 Å². The number of rotatable bonds is 8. The molecule has 4 aromatic rings. The number of aryl methyl sites for hydroxylation is 1. The Bertz CT molecular complexity index is 1540. The molecular formula is C30H34N4O3S. The van der Waals surface area contributed by atoms with Crippen molar-refractivity contribution < 1.29 is 13.2 Å². The minimum absolute atomic E-state index is 0.116. The van der Waals surface area contributed by atoms with Crippen LogP contribution in [0, 0.1) is 6.92 Å². The maximum absolute atomic E-state index is 14.0. The lowest BCUT2D eigenvalue weighted by Crippen LogP contribution is -2.43. The van der Waals surface area contributed by atoms with Crippen LogP contribution in [0.5, 0.6) is 0 Å². The van der Waals surface area contributed by atoms with Crippen LogP contribution in [0.2, 0.25) is 0 Å². The van der Waals surface area contributed by atoms with Crippen molar-refractivity contribution in [3.8, 4) is 0 Å². The number of hydrogen-bond donors (Lipinski definition) is 0. The lowest BCUT2D eigenvalue weighted by atomic mass is 9.87. The number of aromatic nitrogens is 2. The third kappa shape index (κ3) is 6.02. The first kappa shape index (κ1) is 27.3. The third-order valence-electron chi connectivity index (χ3n) is 6.50. The molecule has 0 saturated heterocycles. The molecule has 0 N–H and O–H groups in total. The summed E-state index contributed by atoms with van der Waals surface area (Å²) in [4.78, 5) is 24.2. The number of sulfonamides is 1. The molecule has 0 aliphatic heterocycles. The Morgan fingerprint density at radius 1 is 0.947 bits per heavy atom. The first-order valence-corrected chi connectivity index (χ1v) is 14.1. The summed E-state index contributed by atoms with van der Waals surface area (Å²) >= 11 is 0. The van der Waals surface area contributed by atoms with E-state index in [1.807, 2.05) is 50.2 Å². The number of amides is 1. The number of benzene rings is 2. The summed E-state index contributed by atoms with van der Waals surface area (Å²) in [5.74, 6) is -0.308. The van der Waals surface area contributed by atoms with Gasteiger partial charge >= 0.3 is 0 Å². The Labute approximate surface area is 225 Å². The summed E-state index contributed by atoms with van der Waals surface area (Å²) in [7, 11) is -4.05. The molecule has 0 spiro atoms. The SMILES string of the molecule is CCN(Cc1cccc(C)n1)C(=O)CN(c1ccc2ncccc2c1)S(=O)(=O)c1ccc(C(C)(C)C)cc1. The summed E-state index contributed by atoms with van der Waals surface area (Å²) in [6.45, 7) is 10.4. The highest BCUT2D eigenvalue weighted by molar-refractivity contribution is 7.92. The van der Waals surface area contributed by atoms with Gasteiger partial charge in [0, 0.05) is 23.8 Å². The van der Waals surface area contributed by atoms with Crippen molar-refractivity contribution in [3.63, 3.8) is 0 Å². The van der Waals surface area contributed by atoms with Crippen LogP contribution in [0.15, 0.2) is 83.9 Å². The fourth-order valence-electron chi connectivity index (χ4n) is 4.27. The number of carbonyl (C=O) groups excluding carboxylic acids is 1. The summed E-state index contributed by atoms with van der Waals surface area (Å²) in [5, 5.41) is 0.789. The van der Waals surface area contributed by atoms with Crippen LogP contribution in [-0.4, -0.2) is 42.3 Å². The monoisotopic (exact) mass is 530 g/mol. The number of fused-ring (bicyclic) bond motifs is 1. The van der Waals surface area contributed by atoms with E-state index in [9.17, 15) is 13.2 Å². The molecule has 0 bridgehead atoms. The van der Waals surface area contributed by atoms with Crippen molar-refractivity contribution in [2.75, 3.05) is 17.4 Å². The molecule has 1 amide bonds. The van der Waals surface area contributed by atoms with Gasteiger partial charge < -0.3 is 4.90 Å². The Morgan fingerprint density at radius 3 is 2.34 bits per heavy atom. The number of pyridine rings is 2. The molecule has 38 heavy (non-hydrogen) atoms. The third-order valence-corrected chi connectivity index (χ3v) is 8.28. The number of hydrogen-bond acceptors (Lipinski definition) is 5. The summed E-state index contributed by atoms with van der Waals surface area (Å²) in [6, 6.07) is 21.5. The Morgan fingerprint density at radius 2 is 1.68 bits per heavy atom. The Kier molecular flexibility index (Phi) is 7.83. The zero-order valence-corrected chi connectivity index (χ0v) is 23.4. The average Bonchev–Trinajstić information content (AvgIpc) is 2.89. The van der Waals surface area contributed by atoms with Gasteiger partial charge in [-0.1, -0.05) is 45.0 Å². The van der Waals surface area contributed by atoms with E-state index in [-0.39, 0.29) is 22.8 Å². The van der Waals surface area contributed by atoms with Crippen LogP contribution >= 0.6 is 0 Å². The zero-order chi connectivity index (χ0) is 27.5. The van der Waals surface area contributed by atoms with Crippen molar-refractivity contribution in [1.82, 2.24) is 14.9 Å². The van der Waals surface area contributed by atoms with Crippen LogP contribution in [0.25, 0.3) is 10.9 Å². The Balaban J connectivity index is 1.72. The van der Waals surface area contributed by atoms with Crippen LogP contribution < -0.4 is 4.31 Å². The van der Waals surface area contributed by atoms with Crippen LogP contribution in [-0.2, 0) is 26.8 Å². The van der Waals surface area contributed by atoms with Gasteiger partial charge in [0.1, 0.15) is 6.54 Å². The molecule has 0 fully saturated rings. The van der Waals surface area contributed by atoms with Crippen LogP contribution in [0.3, 0.4) is 0 Å². The first-order valence-electron chi connectivity index (χ1n) is 12.7. The lowest BCUT2D eigenvalue weighted by Gasteiger charge is -2.28. The van der Waals surface area contributed by atoms with Gasteiger partial charge in [0.2, 0.25) is 5.91 Å². The van der Waals surface area contributed by atoms with E-state index in [2.05, 4.69) is 30.7 Å². The minimum Gasteiger partial charge on any atom is -0.336 e. The molecule has 2 aromatic heterocycles. The second-order valence-electron chi connectivity index (χ2n) is 10.3. The average molecular weight is 531 g/mol. The fourth-order valence-corrected chi connectivity index (χ4v) is 5.68. The number of anilines is 1. The minimum atomic E-state index is -4.05. The highest BCUT2D eigenvalue weighted by Gasteiger charge is 2.29. The largest absolute Gasteiger partial charge is 0.336 e. The van der Waals surface area contributed by atoms with Crippen molar-refractivity contribution in [3.05, 3.63) is 95.9 Å². The highest BCUT2D eigenvalue weighted by Crippen LogP contribution is 2.29. The van der Waals surface area contributed by atoms with E-state index in [4.69, 9.17) is 0 Å². The van der Waals surface area contributed by atoms with Gasteiger partial charge in [-0.3, -0.25) is 19.1 Å². The molecule has 0 saturated carbocycles. The van der Waals surface area contributed by atoms with Gasteiger partial charge in [0.25, 0.3) is 10.0 Å². The molecule has 8 heteroatoms. The molecule has 4 rings (SSSR count). The van der Waals surface area contributed by atoms with E-state index < -0.39 is 10.0 Å². The van der Waals surface area contributed by atoms with Crippen molar-refractivity contribution >= 4 is 32.5 Å². The molecule has 198 valence electrons. The zero-order valence-electron chi connectivity index (χ0n) is 22.5. The van der Waals surface area contributed by atoms with Crippen LogP contribution in [0.1, 0.15) is 44.6 Å². The number of carbonyl (C=O) groups is 1. The molecule has 0 atom stereocenters. The summed E-state index contributed by atoms with van der Waals surface area (Å²) in [5.41, 5.74) is 3.68. The molecule has 0 aliphatic carbocycles. The molecule has 2 heterocycles. The van der Waals surface area contributed by atoms with E-state index in [0.717, 1.165) is 27.9 Å². The second kappa shape index (κ2) is 10.9. The van der Waals surface area contributed by atoms with Gasteiger partial charge in [-0.15, -0.1) is 0 Å². The smallest absolute Gasteiger partial charge is 0.264 e. The molecule has 7 nitrogen and oxygen atoms in total. The maximum Gasteiger partial charge on any atom is 0.264 e. The molecule has 2 aromatic carbocycles. The predicted molar refractivity (Wildman–Crippen MR) is 151 cm³/mol. The van der Waals surface area contributed by atoms with Crippen molar-refractivity contribution in [2.45, 2.75) is 51.5 Å². The van der Waals surface area contributed by atoms with Gasteiger partial charge in [-0.05, 0) is 73.4 Å². The molecular weight excluding hydrogens is 496 g/mol. The topological polar surface area (TPSA) is 83.5 Å². The van der Waals surface area contributed by atoms with E-state index >= 15 is 0 Å². The second-order valence-corrected chi connectivity index (χ2v) is 12.2. The quantitative estimate of drug-likeness (QED) is 0.301. The van der Waals surface area contributed by atoms with Gasteiger partial charge in [0.15, 0.2) is 0 Å². The van der Waals surface area contributed by atoms with Crippen LogP contribution in [0.4, 0.5) is 5.69 Å². The normalized spacial score (nSPS) is 11.9. The fraction of sp³-hybridized carbons (Fsp3) is 0.300. The molecule has 0 aliphatic rings. The number of nitrogens with zero attached hydrogens (tertiary/aromatic N) is 4.